The fraction of sp³-hybridized carbons (Fsp3) is 0.333. The van der Waals surface area contributed by atoms with Gasteiger partial charge in [-0.25, -0.2) is 4.79 Å². The number of hydrogen-bond acceptors (Lipinski definition) is 2. The summed E-state index contributed by atoms with van der Waals surface area (Å²) < 4.78 is 2.12. The van der Waals surface area contributed by atoms with E-state index in [0.29, 0.717) is 23.6 Å². The highest BCUT2D eigenvalue weighted by Gasteiger charge is 2.14. The lowest BCUT2D eigenvalue weighted by Crippen LogP contribution is -2.36. The van der Waals surface area contributed by atoms with E-state index >= 15 is 0 Å². The van der Waals surface area contributed by atoms with Crippen LogP contribution in [0, 0.1) is 5.92 Å². The highest BCUT2D eigenvalue weighted by molar-refractivity contribution is 9.10. The average Bonchev–Trinajstić information content (AvgIpc) is 2.40. The van der Waals surface area contributed by atoms with Crippen LogP contribution in [-0.4, -0.2) is 9.55 Å². The van der Waals surface area contributed by atoms with Crippen LogP contribution in [0.4, 0.5) is 0 Å². The van der Waals surface area contributed by atoms with Gasteiger partial charge in [-0.3, -0.25) is 14.3 Å². The summed E-state index contributed by atoms with van der Waals surface area (Å²) in [5.41, 5.74) is 0.188. The van der Waals surface area contributed by atoms with E-state index in [1.165, 1.54) is 4.57 Å². The van der Waals surface area contributed by atoms with Crippen molar-refractivity contribution < 1.29 is 0 Å². The molecule has 0 amide bonds. The number of nitrogens with one attached hydrogen (secondary N) is 1. The van der Waals surface area contributed by atoms with Gasteiger partial charge in [0.15, 0.2) is 0 Å². The molecular formula is C15H16BrClN2O2. The van der Waals surface area contributed by atoms with Gasteiger partial charge in [0, 0.05) is 11.0 Å². The zero-order chi connectivity index (χ0) is 15.6. The second-order valence-electron chi connectivity index (χ2n) is 5.27. The number of benzene rings is 1. The maximum Gasteiger partial charge on any atom is 0.329 e. The molecule has 0 bridgehead atoms. The highest BCUT2D eigenvalue weighted by Crippen LogP contribution is 2.23. The van der Waals surface area contributed by atoms with E-state index in [-0.39, 0.29) is 10.7 Å². The fourth-order valence-electron chi connectivity index (χ4n) is 2.00. The number of halogens is 2. The number of aromatic nitrogens is 2. The van der Waals surface area contributed by atoms with Crippen molar-refractivity contribution in [2.24, 2.45) is 5.92 Å². The Morgan fingerprint density at radius 3 is 2.43 bits per heavy atom. The lowest BCUT2D eigenvalue weighted by atomic mass is 10.1. The lowest BCUT2D eigenvalue weighted by Gasteiger charge is -2.10. The van der Waals surface area contributed by atoms with Crippen molar-refractivity contribution in [3.8, 4) is 11.1 Å². The molecule has 1 aromatic heterocycles. The van der Waals surface area contributed by atoms with E-state index in [2.05, 4.69) is 20.9 Å². The molecule has 0 saturated carbocycles. The molecule has 0 unspecified atom stereocenters. The molecule has 2 aromatic rings. The second-order valence-corrected chi connectivity index (χ2v) is 6.56. The van der Waals surface area contributed by atoms with E-state index in [1.54, 1.807) is 12.1 Å². The van der Waals surface area contributed by atoms with Crippen molar-refractivity contribution in [1.29, 1.82) is 0 Å². The minimum Gasteiger partial charge on any atom is -0.297 e. The Morgan fingerprint density at radius 2 is 1.86 bits per heavy atom. The van der Waals surface area contributed by atoms with Gasteiger partial charge in [0.1, 0.15) is 5.15 Å². The fourth-order valence-corrected chi connectivity index (χ4v) is 2.54. The smallest absolute Gasteiger partial charge is 0.297 e. The summed E-state index contributed by atoms with van der Waals surface area (Å²) in [4.78, 5) is 27.0. The normalized spacial score (nSPS) is 11.1. The van der Waals surface area contributed by atoms with Crippen LogP contribution >= 0.6 is 27.5 Å². The molecule has 1 N–H and O–H groups in total. The molecule has 0 fully saturated rings. The quantitative estimate of drug-likeness (QED) is 0.834. The number of nitrogens with zero attached hydrogens (tertiary/aromatic N) is 1. The molecule has 4 nitrogen and oxygen atoms in total. The molecule has 0 aliphatic heterocycles. The van der Waals surface area contributed by atoms with Crippen LogP contribution in [-0.2, 0) is 6.54 Å². The van der Waals surface area contributed by atoms with Crippen molar-refractivity contribution in [2.75, 3.05) is 0 Å². The SMILES string of the molecule is CC(C)CCn1c(=O)[nH]c(Cl)c(-c2ccc(Br)cc2)c1=O. The predicted octanol–water partition coefficient (Wildman–Crippen LogP) is 3.67. The summed E-state index contributed by atoms with van der Waals surface area (Å²) in [5.74, 6) is 0.406. The van der Waals surface area contributed by atoms with Gasteiger partial charge in [0.25, 0.3) is 5.56 Å². The molecule has 0 aliphatic rings. The van der Waals surface area contributed by atoms with E-state index in [1.807, 2.05) is 26.0 Å². The summed E-state index contributed by atoms with van der Waals surface area (Å²) in [6.07, 6.45) is 0.754. The molecule has 1 aromatic carbocycles. The topological polar surface area (TPSA) is 54.9 Å². The summed E-state index contributed by atoms with van der Waals surface area (Å²) in [5, 5.41) is 0.0770. The van der Waals surface area contributed by atoms with Gasteiger partial charge in [-0.05, 0) is 30.0 Å². The molecule has 2 rings (SSSR count). The maximum absolute atomic E-state index is 12.6. The molecular weight excluding hydrogens is 356 g/mol. The molecule has 21 heavy (non-hydrogen) atoms. The lowest BCUT2D eigenvalue weighted by molar-refractivity contribution is 0.495. The largest absolute Gasteiger partial charge is 0.329 e. The molecule has 0 saturated heterocycles. The van der Waals surface area contributed by atoms with Crippen LogP contribution in [0.5, 0.6) is 0 Å². The van der Waals surface area contributed by atoms with Crippen LogP contribution in [0.25, 0.3) is 11.1 Å². The average molecular weight is 372 g/mol. The molecule has 1 heterocycles. The summed E-state index contributed by atoms with van der Waals surface area (Å²) in [6, 6.07) is 7.24. The minimum atomic E-state index is -0.466. The Kier molecular flexibility index (Phi) is 5.06. The van der Waals surface area contributed by atoms with E-state index in [0.717, 1.165) is 10.9 Å². The highest BCUT2D eigenvalue weighted by atomic mass is 79.9. The Hall–Kier alpha value is -1.33. The Labute approximate surface area is 135 Å². The second kappa shape index (κ2) is 6.62. The van der Waals surface area contributed by atoms with Gasteiger partial charge >= 0.3 is 5.69 Å². The Morgan fingerprint density at radius 1 is 1.24 bits per heavy atom. The number of hydrogen-bond donors (Lipinski definition) is 1. The van der Waals surface area contributed by atoms with Crippen molar-refractivity contribution in [1.82, 2.24) is 9.55 Å². The van der Waals surface area contributed by atoms with Gasteiger partial charge in [0.2, 0.25) is 0 Å². The first-order valence-corrected chi connectivity index (χ1v) is 7.85. The first-order valence-electron chi connectivity index (χ1n) is 6.68. The van der Waals surface area contributed by atoms with Gasteiger partial charge < -0.3 is 0 Å². The van der Waals surface area contributed by atoms with Crippen molar-refractivity contribution in [3.05, 3.63) is 54.7 Å². The zero-order valence-corrected chi connectivity index (χ0v) is 14.2. The summed E-state index contributed by atoms with van der Waals surface area (Å²) in [6.45, 7) is 4.47. The predicted molar refractivity (Wildman–Crippen MR) is 88.9 cm³/mol. The van der Waals surface area contributed by atoms with Crippen molar-refractivity contribution in [2.45, 2.75) is 26.8 Å². The van der Waals surface area contributed by atoms with Crippen LogP contribution in [0.2, 0.25) is 5.15 Å². The van der Waals surface area contributed by atoms with Crippen molar-refractivity contribution >= 4 is 27.5 Å². The Bertz CT molecular complexity index is 748. The van der Waals surface area contributed by atoms with Crippen LogP contribution in [0.15, 0.2) is 38.3 Å². The van der Waals surface area contributed by atoms with Crippen molar-refractivity contribution in [3.63, 3.8) is 0 Å². The first kappa shape index (κ1) is 16.0. The van der Waals surface area contributed by atoms with Crippen LogP contribution < -0.4 is 11.2 Å². The Balaban J connectivity index is 2.56. The molecule has 0 radical (unpaired) electrons. The third-order valence-corrected chi connectivity index (χ3v) is 4.02. The summed E-state index contributed by atoms with van der Waals surface area (Å²) in [7, 11) is 0. The zero-order valence-electron chi connectivity index (χ0n) is 11.8. The molecule has 0 atom stereocenters. The first-order chi connectivity index (χ1) is 9.90. The minimum absolute atomic E-state index is 0.0770. The van der Waals surface area contributed by atoms with Gasteiger partial charge in [-0.15, -0.1) is 0 Å². The van der Waals surface area contributed by atoms with E-state index in [4.69, 9.17) is 11.6 Å². The third-order valence-electron chi connectivity index (χ3n) is 3.20. The van der Waals surface area contributed by atoms with Gasteiger partial charge in [-0.1, -0.05) is 53.5 Å². The maximum atomic E-state index is 12.6. The number of H-pyrrole nitrogens is 1. The van der Waals surface area contributed by atoms with E-state index in [9.17, 15) is 9.59 Å². The van der Waals surface area contributed by atoms with E-state index < -0.39 is 5.69 Å². The molecule has 6 heteroatoms. The van der Waals surface area contributed by atoms with Crippen LogP contribution in [0.3, 0.4) is 0 Å². The number of rotatable bonds is 4. The monoisotopic (exact) mass is 370 g/mol. The molecule has 112 valence electrons. The van der Waals surface area contributed by atoms with Gasteiger partial charge in [0.05, 0.1) is 5.56 Å². The molecule has 0 spiro atoms. The third kappa shape index (κ3) is 3.66. The summed E-state index contributed by atoms with van der Waals surface area (Å²) >= 11 is 9.41. The standard InChI is InChI=1S/C15H16BrClN2O2/c1-9(2)7-8-19-14(20)12(13(17)18-15(19)21)10-3-5-11(16)6-4-10/h3-6,9H,7-8H2,1-2H3,(H,18,21). The molecule has 0 aliphatic carbocycles. The van der Waals surface area contributed by atoms with Gasteiger partial charge in [-0.2, -0.15) is 0 Å². The number of aromatic amines is 1. The van der Waals surface area contributed by atoms with Crippen LogP contribution in [0.1, 0.15) is 20.3 Å².